The zero-order chi connectivity index (χ0) is 16.2. The molecular weight excluding hydrogens is 312 g/mol. The third-order valence-electron chi connectivity index (χ3n) is 3.36. The van der Waals surface area contributed by atoms with Crippen molar-refractivity contribution in [1.82, 2.24) is 10.3 Å². The summed E-state index contributed by atoms with van der Waals surface area (Å²) < 4.78 is 4.54. The van der Waals surface area contributed by atoms with Gasteiger partial charge in [0, 0.05) is 5.39 Å². The molecule has 2 heterocycles. The van der Waals surface area contributed by atoms with Crippen molar-refractivity contribution in [3.63, 3.8) is 0 Å². The van der Waals surface area contributed by atoms with Gasteiger partial charge in [-0.3, -0.25) is 9.59 Å². The molecule has 116 valence electrons. The highest BCUT2D eigenvalue weighted by Gasteiger charge is 2.15. The van der Waals surface area contributed by atoms with E-state index in [2.05, 4.69) is 15.0 Å². The number of aromatic nitrogens is 1. The van der Waals surface area contributed by atoms with E-state index in [0.29, 0.717) is 5.56 Å². The van der Waals surface area contributed by atoms with Gasteiger partial charge in [0.05, 0.1) is 28.8 Å². The number of rotatable bonds is 4. The van der Waals surface area contributed by atoms with Crippen molar-refractivity contribution in [3.8, 4) is 10.6 Å². The molecule has 0 fully saturated rings. The molecule has 0 unspecified atom stereocenters. The molecule has 0 aliphatic rings. The quantitative estimate of drug-likeness (QED) is 0.749. The molecule has 0 aliphatic carbocycles. The second kappa shape index (κ2) is 6.58. The first-order valence-corrected chi connectivity index (χ1v) is 7.85. The lowest BCUT2D eigenvalue weighted by Gasteiger charge is -2.09. The normalized spacial score (nSPS) is 10.5. The van der Waals surface area contributed by atoms with Crippen molar-refractivity contribution in [2.45, 2.75) is 0 Å². The van der Waals surface area contributed by atoms with E-state index in [-0.39, 0.29) is 12.5 Å². The number of amides is 1. The lowest BCUT2D eigenvalue weighted by Crippen LogP contribution is -2.30. The van der Waals surface area contributed by atoms with Crippen LogP contribution in [0.25, 0.3) is 21.5 Å². The van der Waals surface area contributed by atoms with Gasteiger partial charge >= 0.3 is 5.97 Å². The molecule has 2 aromatic heterocycles. The van der Waals surface area contributed by atoms with Crippen molar-refractivity contribution in [1.29, 1.82) is 0 Å². The molecule has 0 radical (unpaired) electrons. The van der Waals surface area contributed by atoms with Crippen LogP contribution in [0.5, 0.6) is 0 Å². The number of hydrogen-bond acceptors (Lipinski definition) is 5. The minimum atomic E-state index is -0.491. The monoisotopic (exact) mass is 326 g/mol. The molecule has 0 saturated carbocycles. The Balaban J connectivity index is 2.03. The average Bonchev–Trinajstić information content (AvgIpc) is 3.13. The molecule has 3 aromatic rings. The van der Waals surface area contributed by atoms with Gasteiger partial charge < -0.3 is 10.1 Å². The van der Waals surface area contributed by atoms with E-state index in [1.165, 1.54) is 7.11 Å². The van der Waals surface area contributed by atoms with E-state index in [4.69, 9.17) is 0 Å². The van der Waals surface area contributed by atoms with E-state index in [9.17, 15) is 9.59 Å². The number of nitrogens with one attached hydrogen (secondary N) is 1. The number of benzene rings is 1. The molecule has 3 rings (SSSR count). The number of esters is 1. The smallest absolute Gasteiger partial charge is 0.325 e. The fourth-order valence-electron chi connectivity index (χ4n) is 2.23. The average molecular weight is 326 g/mol. The zero-order valence-electron chi connectivity index (χ0n) is 12.4. The molecule has 1 aromatic carbocycles. The Labute approximate surface area is 136 Å². The van der Waals surface area contributed by atoms with E-state index >= 15 is 0 Å². The molecule has 0 saturated heterocycles. The highest BCUT2D eigenvalue weighted by atomic mass is 32.1. The van der Waals surface area contributed by atoms with Gasteiger partial charge in [0.15, 0.2) is 0 Å². The number of para-hydroxylation sites is 1. The van der Waals surface area contributed by atoms with Gasteiger partial charge in [0.2, 0.25) is 0 Å². The predicted molar refractivity (Wildman–Crippen MR) is 89.4 cm³/mol. The standard InChI is InChI=1S/C17H14N2O3S/c1-22-16(20)10-18-17(21)12-9-14(15-7-4-8-23-15)19-13-6-3-2-5-11(12)13/h2-9H,10H2,1H3,(H,18,21). The van der Waals surface area contributed by atoms with Crippen molar-refractivity contribution >= 4 is 34.1 Å². The Morgan fingerprint density at radius 1 is 1.22 bits per heavy atom. The van der Waals surface area contributed by atoms with Gasteiger partial charge in [-0.1, -0.05) is 24.3 Å². The fraction of sp³-hybridized carbons (Fsp3) is 0.118. The van der Waals surface area contributed by atoms with Crippen LogP contribution in [-0.4, -0.2) is 30.5 Å². The van der Waals surface area contributed by atoms with Crippen molar-refractivity contribution in [2.75, 3.05) is 13.7 Å². The van der Waals surface area contributed by atoms with Crippen molar-refractivity contribution < 1.29 is 14.3 Å². The summed E-state index contributed by atoms with van der Waals surface area (Å²) in [6.07, 6.45) is 0. The lowest BCUT2D eigenvalue weighted by molar-refractivity contribution is -0.139. The maximum absolute atomic E-state index is 12.5. The zero-order valence-corrected chi connectivity index (χ0v) is 13.2. The SMILES string of the molecule is COC(=O)CNC(=O)c1cc(-c2cccs2)nc2ccccc12. The minimum Gasteiger partial charge on any atom is -0.468 e. The largest absolute Gasteiger partial charge is 0.468 e. The fourth-order valence-corrected chi connectivity index (χ4v) is 2.92. The van der Waals surface area contributed by atoms with E-state index in [1.54, 1.807) is 17.4 Å². The first-order valence-electron chi connectivity index (χ1n) is 6.97. The maximum atomic E-state index is 12.5. The van der Waals surface area contributed by atoms with Gasteiger partial charge in [-0.2, -0.15) is 0 Å². The second-order valence-electron chi connectivity index (χ2n) is 4.81. The number of carbonyl (C=O) groups excluding carboxylic acids is 2. The summed E-state index contributed by atoms with van der Waals surface area (Å²) in [7, 11) is 1.28. The van der Waals surface area contributed by atoms with Gasteiger partial charge in [-0.25, -0.2) is 4.98 Å². The summed E-state index contributed by atoms with van der Waals surface area (Å²) in [5, 5.41) is 5.28. The van der Waals surface area contributed by atoms with Crippen LogP contribution >= 0.6 is 11.3 Å². The van der Waals surface area contributed by atoms with Crippen molar-refractivity contribution in [3.05, 3.63) is 53.4 Å². The summed E-state index contributed by atoms with van der Waals surface area (Å²) in [5.74, 6) is -0.818. The number of thiophene rings is 1. The summed E-state index contributed by atoms with van der Waals surface area (Å²) >= 11 is 1.56. The molecule has 0 atom stereocenters. The summed E-state index contributed by atoms with van der Waals surface area (Å²) in [6.45, 7) is -0.166. The summed E-state index contributed by atoms with van der Waals surface area (Å²) in [6, 6.07) is 13.1. The minimum absolute atomic E-state index is 0.166. The molecule has 6 heteroatoms. The Hall–Kier alpha value is -2.73. The van der Waals surface area contributed by atoms with Crippen molar-refractivity contribution in [2.24, 2.45) is 0 Å². The third-order valence-corrected chi connectivity index (χ3v) is 4.25. The summed E-state index contributed by atoms with van der Waals surface area (Å²) in [5.41, 5.74) is 1.96. The van der Waals surface area contributed by atoms with Crippen LogP contribution in [-0.2, 0) is 9.53 Å². The number of methoxy groups -OCH3 is 1. The highest BCUT2D eigenvalue weighted by Crippen LogP contribution is 2.27. The number of fused-ring (bicyclic) bond motifs is 1. The van der Waals surface area contributed by atoms with Crippen LogP contribution in [0.2, 0.25) is 0 Å². The Kier molecular flexibility index (Phi) is 4.34. The van der Waals surface area contributed by atoms with Gasteiger partial charge in [-0.05, 0) is 23.6 Å². The molecule has 1 amide bonds. The Morgan fingerprint density at radius 2 is 2.04 bits per heavy atom. The number of nitrogens with zero attached hydrogens (tertiary/aromatic N) is 1. The van der Waals surface area contributed by atoms with Crippen LogP contribution in [0.3, 0.4) is 0 Å². The lowest BCUT2D eigenvalue weighted by atomic mass is 10.1. The Morgan fingerprint density at radius 3 is 2.78 bits per heavy atom. The van der Waals surface area contributed by atoms with Gasteiger partial charge in [-0.15, -0.1) is 11.3 Å². The Bertz CT molecular complexity index is 859. The molecule has 5 nitrogen and oxygen atoms in total. The maximum Gasteiger partial charge on any atom is 0.325 e. The van der Waals surface area contributed by atoms with Crippen LogP contribution in [0.1, 0.15) is 10.4 Å². The van der Waals surface area contributed by atoms with Crippen LogP contribution in [0.15, 0.2) is 47.8 Å². The number of ether oxygens (including phenoxy) is 1. The number of hydrogen-bond donors (Lipinski definition) is 1. The van der Waals surface area contributed by atoms with Crippen LogP contribution in [0.4, 0.5) is 0 Å². The first kappa shape index (κ1) is 15.2. The van der Waals surface area contributed by atoms with Gasteiger partial charge in [0.25, 0.3) is 5.91 Å². The molecule has 1 N–H and O–H groups in total. The molecule has 0 bridgehead atoms. The van der Waals surface area contributed by atoms with Crippen LogP contribution in [0, 0.1) is 0 Å². The topological polar surface area (TPSA) is 68.3 Å². The predicted octanol–water partition coefficient (Wildman–Crippen LogP) is 2.87. The first-order chi connectivity index (χ1) is 11.2. The molecule has 0 spiro atoms. The van der Waals surface area contributed by atoms with Crippen LogP contribution < -0.4 is 5.32 Å². The molecule has 23 heavy (non-hydrogen) atoms. The molecular formula is C17H14N2O3S. The number of pyridine rings is 1. The summed E-state index contributed by atoms with van der Waals surface area (Å²) in [4.78, 5) is 29.3. The van der Waals surface area contributed by atoms with Gasteiger partial charge in [0.1, 0.15) is 6.54 Å². The number of carbonyl (C=O) groups is 2. The van der Waals surface area contributed by atoms with E-state index < -0.39 is 5.97 Å². The second-order valence-corrected chi connectivity index (χ2v) is 5.76. The van der Waals surface area contributed by atoms with E-state index in [1.807, 2.05) is 41.8 Å². The third kappa shape index (κ3) is 3.22. The highest BCUT2D eigenvalue weighted by molar-refractivity contribution is 7.13. The molecule has 0 aliphatic heterocycles. The van der Waals surface area contributed by atoms with E-state index in [0.717, 1.165) is 21.5 Å².